The molecule has 0 saturated heterocycles. The summed E-state index contributed by atoms with van der Waals surface area (Å²) in [6.07, 6.45) is 4.38. The van der Waals surface area contributed by atoms with E-state index in [2.05, 4.69) is 43.0 Å². The highest BCUT2D eigenvalue weighted by atomic mass is 15.0. The molecule has 3 atom stereocenters. The van der Waals surface area contributed by atoms with E-state index in [1.807, 2.05) is 6.92 Å². The number of hydrogen-bond donors (Lipinski definition) is 2. The molecular formula is C17H34N4. The van der Waals surface area contributed by atoms with E-state index in [1.165, 1.54) is 25.0 Å². The predicted molar refractivity (Wildman–Crippen MR) is 93.3 cm³/mol. The zero-order valence-corrected chi connectivity index (χ0v) is 14.5. The van der Waals surface area contributed by atoms with Crippen LogP contribution in [0.2, 0.25) is 0 Å². The molecule has 0 fully saturated rings. The van der Waals surface area contributed by atoms with Crippen molar-refractivity contribution in [1.29, 1.82) is 0 Å². The number of hydrogen-bond acceptors (Lipinski definition) is 4. The molecule has 4 nitrogen and oxygen atoms in total. The van der Waals surface area contributed by atoms with Gasteiger partial charge in [0.15, 0.2) is 0 Å². The molecule has 4 heteroatoms. The summed E-state index contributed by atoms with van der Waals surface area (Å²) in [6, 6.07) is 0.571. The van der Waals surface area contributed by atoms with Crippen molar-refractivity contribution in [1.82, 2.24) is 5.32 Å². The first kappa shape index (κ1) is 18.3. The van der Waals surface area contributed by atoms with Gasteiger partial charge in [0.1, 0.15) is 6.17 Å². The van der Waals surface area contributed by atoms with E-state index in [1.54, 1.807) is 0 Å². The maximum atomic E-state index is 6.01. The molecule has 0 amide bonds. The van der Waals surface area contributed by atoms with Crippen molar-refractivity contribution in [2.24, 2.45) is 27.6 Å². The minimum absolute atomic E-state index is 0.120. The summed E-state index contributed by atoms with van der Waals surface area (Å²) in [6.45, 7) is 12.7. The molecule has 0 aromatic rings. The lowest BCUT2D eigenvalue weighted by atomic mass is 9.92. The highest BCUT2D eigenvalue weighted by Crippen LogP contribution is 2.16. The summed E-state index contributed by atoms with van der Waals surface area (Å²) in [5.41, 5.74) is 8.22. The summed E-state index contributed by atoms with van der Waals surface area (Å²) >= 11 is 0. The van der Waals surface area contributed by atoms with E-state index in [0.717, 1.165) is 24.6 Å². The Bertz CT molecular complexity index is 360. The lowest BCUT2D eigenvalue weighted by Gasteiger charge is -2.25. The van der Waals surface area contributed by atoms with Gasteiger partial charge in [-0.2, -0.15) is 0 Å². The maximum absolute atomic E-state index is 6.01. The second kappa shape index (κ2) is 9.31. The van der Waals surface area contributed by atoms with E-state index in [-0.39, 0.29) is 6.17 Å². The van der Waals surface area contributed by atoms with E-state index >= 15 is 0 Å². The smallest absolute Gasteiger partial charge is 0.102 e. The van der Waals surface area contributed by atoms with E-state index < -0.39 is 0 Å². The Morgan fingerprint density at radius 2 is 2.00 bits per heavy atom. The second-order valence-electron chi connectivity index (χ2n) is 6.86. The zero-order chi connectivity index (χ0) is 15.8. The van der Waals surface area contributed by atoms with Crippen molar-refractivity contribution in [3.8, 4) is 0 Å². The lowest BCUT2D eigenvalue weighted by molar-refractivity contribution is 0.338. The monoisotopic (exact) mass is 294 g/mol. The fraction of sp³-hybridized carbons (Fsp3) is 0.882. The van der Waals surface area contributed by atoms with Gasteiger partial charge in [-0.05, 0) is 31.6 Å². The van der Waals surface area contributed by atoms with Crippen LogP contribution in [0, 0.1) is 11.8 Å². The van der Waals surface area contributed by atoms with Crippen LogP contribution in [0.15, 0.2) is 9.98 Å². The molecule has 2 unspecified atom stereocenters. The molecule has 0 radical (unpaired) electrons. The molecule has 1 aliphatic rings. The molecule has 0 aromatic heterocycles. The number of aliphatic imine (C=N–C) groups is 2. The van der Waals surface area contributed by atoms with Gasteiger partial charge in [-0.1, -0.05) is 34.1 Å². The van der Waals surface area contributed by atoms with Gasteiger partial charge in [-0.3, -0.25) is 9.98 Å². The summed E-state index contributed by atoms with van der Waals surface area (Å²) < 4.78 is 0. The van der Waals surface area contributed by atoms with Crippen LogP contribution in [-0.4, -0.2) is 36.7 Å². The molecule has 122 valence electrons. The van der Waals surface area contributed by atoms with Crippen LogP contribution in [0.1, 0.15) is 60.3 Å². The second-order valence-corrected chi connectivity index (χ2v) is 6.86. The van der Waals surface area contributed by atoms with Crippen LogP contribution >= 0.6 is 0 Å². The van der Waals surface area contributed by atoms with Crippen LogP contribution in [-0.2, 0) is 0 Å². The van der Waals surface area contributed by atoms with Crippen LogP contribution in [0.25, 0.3) is 0 Å². The largest absolute Gasteiger partial charge is 0.309 e. The van der Waals surface area contributed by atoms with E-state index in [0.29, 0.717) is 18.5 Å². The Hall–Kier alpha value is -0.740. The fourth-order valence-corrected chi connectivity index (χ4v) is 2.66. The summed E-state index contributed by atoms with van der Waals surface area (Å²) in [5.74, 6) is 1.46. The molecule has 0 aliphatic carbocycles. The highest BCUT2D eigenvalue weighted by molar-refractivity contribution is 5.93. The third kappa shape index (κ3) is 7.18. The van der Waals surface area contributed by atoms with E-state index in [9.17, 15) is 0 Å². The van der Waals surface area contributed by atoms with Crippen molar-refractivity contribution >= 4 is 11.4 Å². The summed E-state index contributed by atoms with van der Waals surface area (Å²) in [7, 11) is 0. The minimum Gasteiger partial charge on any atom is -0.309 e. The third-order valence-corrected chi connectivity index (χ3v) is 4.32. The van der Waals surface area contributed by atoms with Crippen LogP contribution in [0.4, 0.5) is 0 Å². The Morgan fingerprint density at radius 3 is 2.62 bits per heavy atom. The van der Waals surface area contributed by atoms with Crippen molar-refractivity contribution in [3.63, 3.8) is 0 Å². The topological polar surface area (TPSA) is 62.8 Å². The van der Waals surface area contributed by atoms with Gasteiger partial charge >= 0.3 is 0 Å². The van der Waals surface area contributed by atoms with Gasteiger partial charge < -0.3 is 11.1 Å². The lowest BCUT2D eigenvalue weighted by Crippen LogP contribution is -2.39. The first-order valence-electron chi connectivity index (χ1n) is 8.46. The Balaban J connectivity index is 2.52. The van der Waals surface area contributed by atoms with Crippen molar-refractivity contribution < 1.29 is 0 Å². The van der Waals surface area contributed by atoms with Gasteiger partial charge in [-0.25, -0.2) is 0 Å². The quantitative estimate of drug-likeness (QED) is 0.723. The minimum atomic E-state index is -0.120. The van der Waals surface area contributed by atoms with Gasteiger partial charge in [-0.15, -0.1) is 0 Å². The molecule has 21 heavy (non-hydrogen) atoms. The van der Waals surface area contributed by atoms with Gasteiger partial charge in [0, 0.05) is 30.4 Å². The number of rotatable bonds is 8. The summed E-state index contributed by atoms with van der Waals surface area (Å²) in [4.78, 5) is 9.07. The average Bonchev–Trinajstić information content (AvgIpc) is 2.58. The van der Waals surface area contributed by atoms with Gasteiger partial charge in [0.2, 0.25) is 0 Å². The fourth-order valence-electron chi connectivity index (χ4n) is 2.66. The van der Waals surface area contributed by atoms with Crippen molar-refractivity contribution in [3.05, 3.63) is 0 Å². The van der Waals surface area contributed by atoms with Crippen molar-refractivity contribution in [2.45, 2.75) is 72.5 Å². The van der Waals surface area contributed by atoms with E-state index in [4.69, 9.17) is 5.73 Å². The molecule has 3 N–H and O–H groups in total. The van der Waals surface area contributed by atoms with Gasteiger partial charge in [0.05, 0.1) is 6.54 Å². The van der Waals surface area contributed by atoms with Gasteiger partial charge in [0.25, 0.3) is 0 Å². The number of nitrogens with one attached hydrogen (secondary N) is 1. The molecular weight excluding hydrogens is 260 g/mol. The third-order valence-electron chi connectivity index (χ3n) is 4.32. The molecule has 1 rings (SSSR count). The first-order valence-corrected chi connectivity index (χ1v) is 8.46. The average molecular weight is 294 g/mol. The molecule has 1 aliphatic heterocycles. The Kier molecular flexibility index (Phi) is 8.12. The number of nitrogens with zero attached hydrogens (tertiary/aromatic N) is 2. The van der Waals surface area contributed by atoms with Crippen LogP contribution in [0.5, 0.6) is 0 Å². The van der Waals surface area contributed by atoms with Crippen LogP contribution in [0.3, 0.4) is 0 Å². The first-order chi connectivity index (χ1) is 9.92. The maximum Gasteiger partial charge on any atom is 0.102 e. The number of nitrogens with two attached hydrogens (primary N) is 1. The highest BCUT2D eigenvalue weighted by Gasteiger charge is 2.18. The molecule has 0 aromatic carbocycles. The molecule has 0 spiro atoms. The molecule has 1 heterocycles. The van der Waals surface area contributed by atoms with Crippen molar-refractivity contribution in [2.75, 3.05) is 13.1 Å². The summed E-state index contributed by atoms with van der Waals surface area (Å²) in [5, 5.41) is 3.72. The Labute approximate surface area is 130 Å². The standard InChI is InChI=1S/C17H34N4/c1-6-13(4)16(8-7-12(2)3)20-11-15-9-17(18)21-14(5)10-19-15/h12-13,16-17,20H,6-11,18H2,1-5H3/t13-,16?,17?/m0/s1. The molecule has 0 saturated carbocycles. The normalized spacial score (nSPS) is 22.5. The SMILES string of the molecule is CC[C@H](C)C(CCC(C)C)NCC1=NCC(C)=NC(N)C1. The predicted octanol–water partition coefficient (Wildman–Crippen LogP) is 3.02. The zero-order valence-electron chi connectivity index (χ0n) is 14.5. The van der Waals surface area contributed by atoms with Crippen LogP contribution < -0.4 is 11.1 Å². The molecule has 0 bridgehead atoms. The Morgan fingerprint density at radius 1 is 1.29 bits per heavy atom.